The average molecular weight is 185 g/mol. The van der Waals surface area contributed by atoms with E-state index < -0.39 is 5.67 Å². The van der Waals surface area contributed by atoms with Gasteiger partial charge in [0.15, 0.2) is 0 Å². The summed E-state index contributed by atoms with van der Waals surface area (Å²) < 4.78 is 13.5. The van der Waals surface area contributed by atoms with Crippen LogP contribution in [-0.4, -0.2) is 29.2 Å². The maximum Gasteiger partial charge on any atom is 0.123 e. The van der Waals surface area contributed by atoms with Crippen LogP contribution in [0.5, 0.6) is 0 Å². The molecule has 0 aromatic rings. The minimum Gasteiger partial charge on any atom is -0.294 e. The Morgan fingerprint density at radius 2 is 1.69 bits per heavy atom. The van der Waals surface area contributed by atoms with E-state index in [0.29, 0.717) is 12.0 Å². The molecule has 2 heteroatoms. The van der Waals surface area contributed by atoms with Crippen LogP contribution in [0.4, 0.5) is 4.39 Å². The lowest BCUT2D eigenvalue weighted by atomic mass is 9.65. The second-order valence-corrected chi connectivity index (χ2v) is 5.95. The number of likely N-dealkylation sites (tertiary alicyclic amines) is 1. The zero-order valence-electron chi connectivity index (χ0n) is 9.15. The van der Waals surface area contributed by atoms with Gasteiger partial charge in [-0.3, -0.25) is 4.90 Å². The number of alkyl halides is 1. The van der Waals surface area contributed by atoms with Crippen molar-refractivity contribution in [2.45, 2.75) is 51.7 Å². The number of hydrogen-bond donors (Lipinski definition) is 0. The van der Waals surface area contributed by atoms with Crippen LogP contribution in [0, 0.1) is 5.41 Å². The van der Waals surface area contributed by atoms with E-state index in [-0.39, 0.29) is 5.54 Å². The molecule has 1 aliphatic carbocycles. The molecule has 1 saturated heterocycles. The summed E-state index contributed by atoms with van der Waals surface area (Å²) in [6, 6.07) is 0. The smallest absolute Gasteiger partial charge is 0.123 e. The normalized spacial score (nSPS) is 33.9. The van der Waals surface area contributed by atoms with Gasteiger partial charge in [0, 0.05) is 18.6 Å². The number of halogens is 1. The van der Waals surface area contributed by atoms with Crippen LogP contribution >= 0.6 is 0 Å². The van der Waals surface area contributed by atoms with Crippen molar-refractivity contribution in [3.8, 4) is 0 Å². The lowest BCUT2D eigenvalue weighted by molar-refractivity contribution is -0.127. The predicted octanol–water partition coefficient (Wildman–Crippen LogP) is 2.61. The van der Waals surface area contributed by atoms with Crippen molar-refractivity contribution in [1.29, 1.82) is 0 Å². The molecule has 0 aromatic carbocycles. The molecule has 0 N–H and O–H groups in total. The number of nitrogens with zero attached hydrogens (tertiary/aromatic N) is 1. The molecule has 0 radical (unpaired) electrons. The van der Waals surface area contributed by atoms with Crippen LogP contribution in [0.15, 0.2) is 0 Å². The average Bonchev–Trinajstić information content (AvgIpc) is 2.67. The highest BCUT2D eigenvalue weighted by Gasteiger charge is 2.56. The van der Waals surface area contributed by atoms with Crippen molar-refractivity contribution in [3.63, 3.8) is 0 Å². The Morgan fingerprint density at radius 3 is 2.00 bits per heavy atom. The van der Waals surface area contributed by atoms with Crippen LogP contribution in [0.3, 0.4) is 0 Å². The van der Waals surface area contributed by atoms with Crippen molar-refractivity contribution >= 4 is 0 Å². The Bertz CT molecular complexity index is 228. The second kappa shape index (κ2) is 2.28. The molecule has 2 aliphatic rings. The van der Waals surface area contributed by atoms with Gasteiger partial charge in [0.1, 0.15) is 5.67 Å². The Labute approximate surface area is 80.3 Å². The fourth-order valence-corrected chi connectivity index (χ4v) is 2.09. The molecular formula is C11H20FN. The van der Waals surface area contributed by atoms with Gasteiger partial charge >= 0.3 is 0 Å². The van der Waals surface area contributed by atoms with Gasteiger partial charge in [-0.1, -0.05) is 13.8 Å². The molecule has 1 nitrogen and oxygen atoms in total. The van der Waals surface area contributed by atoms with Crippen molar-refractivity contribution in [3.05, 3.63) is 0 Å². The summed E-state index contributed by atoms with van der Waals surface area (Å²) in [4.78, 5) is 2.29. The molecule has 1 aliphatic heterocycles. The maximum atomic E-state index is 13.5. The maximum absolute atomic E-state index is 13.5. The summed E-state index contributed by atoms with van der Waals surface area (Å²) in [6.45, 7) is 10.7. The molecule has 0 unspecified atom stereocenters. The molecule has 0 atom stereocenters. The van der Waals surface area contributed by atoms with Gasteiger partial charge in [-0.25, -0.2) is 4.39 Å². The minimum atomic E-state index is -0.826. The van der Waals surface area contributed by atoms with Crippen molar-refractivity contribution in [2.24, 2.45) is 5.41 Å². The summed E-state index contributed by atoms with van der Waals surface area (Å²) in [6.07, 6.45) is 1.56. The zero-order valence-corrected chi connectivity index (χ0v) is 9.15. The summed E-state index contributed by atoms with van der Waals surface area (Å²) in [5.74, 6) is 0. The first kappa shape index (κ1) is 9.45. The molecule has 2 fully saturated rings. The first-order valence-corrected chi connectivity index (χ1v) is 5.21. The van der Waals surface area contributed by atoms with Gasteiger partial charge < -0.3 is 0 Å². The third-order valence-corrected chi connectivity index (χ3v) is 4.30. The van der Waals surface area contributed by atoms with Gasteiger partial charge in [-0.05, 0) is 32.1 Å². The van der Waals surface area contributed by atoms with Gasteiger partial charge in [0.25, 0.3) is 0 Å². The third-order valence-electron chi connectivity index (χ3n) is 4.30. The standard InChI is InChI=1S/C11H20FN/c1-9(2)7-13(10(9,3)4)8-11(12)5-6-11/h5-8H2,1-4H3. The van der Waals surface area contributed by atoms with Gasteiger partial charge in [0.2, 0.25) is 0 Å². The number of rotatable bonds is 2. The number of hydrogen-bond acceptors (Lipinski definition) is 1. The quantitative estimate of drug-likeness (QED) is 0.639. The SMILES string of the molecule is CC1(C)CN(CC2(F)CC2)C1(C)C. The van der Waals surface area contributed by atoms with E-state index in [4.69, 9.17) is 0 Å². The van der Waals surface area contributed by atoms with Crippen LogP contribution in [0.1, 0.15) is 40.5 Å². The monoisotopic (exact) mass is 185 g/mol. The van der Waals surface area contributed by atoms with E-state index in [1.54, 1.807) is 0 Å². The Balaban J connectivity index is 1.98. The van der Waals surface area contributed by atoms with Gasteiger partial charge in [-0.15, -0.1) is 0 Å². The largest absolute Gasteiger partial charge is 0.294 e. The summed E-state index contributed by atoms with van der Waals surface area (Å²) in [7, 11) is 0. The molecule has 13 heavy (non-hydrogen) atoms. The zero-order chi connectivity index (χ0) is 9.91. The van der Waals surface area contributed by atoms with E-state index >= 15 is 0 Å². The third kappa shape index (κ3) is 1.30. The summed E-state index contributed by atoms with van der Waals surface area (Å²) in [5, 5.41) is 0. The highest BCUT2D eigenvalue weighted by Crippen LogP contribution is 2.50. The highest BCUT2D eigenvalue weighted by molar-refractivity contribution is 5.10. The van der Waals surface area contributed by atoms with E-state index in [2.05, 4.69) is 32.6 Å². The predicted molar refractivity (Wildman–Crippen MR) is 52.5 cm³/mol. The van der Waals surface area contributed by atoms with Crippen LogP contribution in [0.2, 0.25) is 0 Å². The van der Waals surface area contributed by atoms with Crippen molar-refractivity contribution < 1.29 is 4.39 Å². The molecule has 0 spiro atoms. The fraction of sp³-hybridized carbons (Fsp3) is 1.00. The molecular weight excluding hydrogens is 165 g/mol. The molecule has 0 amide bonds. The first-order valence-electron chi connectivity index (χ1n) is 5.21. The Morgan fingerprint density at radius 1 is 1.15 bits per heavy atom. The minimum absolute atomic E-state index is 0.175. The Hall–Kier alpha value is -0.110. The van der Waals surface area contributed by atoms with E-state index in [9.17, 15) is 4.39 Å². The first-order chi connectivity index (χ1) is 5.77. The molecule has 1 heterocycles. The lowest BCUT2D eigenvalue weighted by Gasteiger charge is -2.62. The van der Waals surface area contributed by atoms with Crippen LogP contribution < -0.4 is 0 Å². The topological polar surface area (TPSA) is 3.24 Å². The van der Waals surface area contributed by atoms with Gasteiger partial charge in [0.05, 0.1) is 0 Å². The fourth-order valence-electron chi connectivity index (χ4n) is 2.09. The molecule has 0 bridgehead atoms. The van der Waals surface area contributed by atoms with Crippen LogP contribution in [-0.2, 0) is 0 Å². The molecule has 76 valence electrons. The van der Waals surface area contributed by atoms with Crippen molar-refractivity contribution in [2.75, 3.05) is 13.1 Å². The lowest BCUT2D eigenvalue weighted by Crippen LogP contribution is -2.70. The molecule has 0 aromatic heterocycles. The van der Waals surface area contributed by atoms with Crippen LogP contribution in [0.25, 0.3) is 0 Å². The van der Waals surface area contributed by atoms with Crippen molar-refractivity contribution in [1.82, 2.24) is 4.90 Å². The second-order valence-electron chi connectivity index (χ2n) is 5.95. The van der Waals surface area contributed by atoms with E-state index in [0.717, 1.165) is 19.4 Å². The molecule has 1 saturated carbocycles. The molecule has 2 rings (SSSR count). The van der Waals surface area contributed by atoms with E-state index in [1.807, 2.05) is 0 Å². The van der Waals surface area contributed by atoms with Gasteiger partial charge in [-0.2, -0.15) is 0 Å². The van der Waals surface area contributed by atoms with E-state index in [1.165, 1.54) is 0 Å². The summed E-state index contributed by atoms with van der Waals surface area (Å²) >= 11 is 0. The Kier molecular flexibility index (Phi) is 1.65. The highest BCUT2D eigenvalue weighted by atomic mass is 19.1. The summed E-state index contributed by atoms with van der Waals surface area (Å²) in [5.41, 5.74) is -0.305.